The van der Waals surface area contributed by atoms with Crippen LogP contribution in [-0.2, 0) is 16.1 Å². The van der Waals surface area contributed by atoms with Gasteiger partial charge in [0.25, 0.3) is 11.3 Å². The van der Waals surface area contributed by atoms with Gasteiger partial charge in [-0.1, -0.05) is 32.1 Å². The highest BCUT2D eigenvalue weighted by atomic mass is 32.2. The summed E-state index contributed by atoms with van der Waals surface area (Å²) >= 11 is -1.33. The van der Waals surface area contributed by atoms with Gasteiger partial charge in [-0.25, -0.2) is 14.0 Å². The Labute approximate surface area is 184 Å². The first-order valence-electron chi connectivity index (χ1n) is 10.3. The lowest BCUT2D eigenvalue weighted by Crippen LogP contribution is -2.45. The van der Waals surface area contributed by atoms with Crippen molar-refractivity contribution in [3.63, 3.8) is 0 Å². The topological polar surface area (TPSA) is 123 Å². The molecule has 1 aromatic heterocycles. The fourth-order valence-electron chi connectivity index (χ4n) is 3.47. The fourth-order valence-corrected chi connectivity index (χ4v) is 4.96. The van der Waals surface area contributed by atoms with E-state index in [4.69, 9.17) is 5.11 Å². The van der Waals surface area contributed by atoms with E-state index in [0.717, 1.165) is 47.7 Å². The highest BCUT2D eigenvalue weighted by Gasteiger charge is 2.28. The molecule has 0 saturated heterocycles. The van der Waals surface area contributed by atoms with Crippen LogP contribution in [0, 0.1) is 11.8 Å². The molecule has 1 heterocycles. The Hall–Kier alpha value is -1.72. The SMILES string of the molecule is CC(C)CCN(C(=O)Nc1ncc(N(CCC(=O)O)S(=O)O)s1)C1CCC(C)CC1. The zero-order valence-corrected chi connectivity index (χ0v) is 19.4. The number of hydrogen-bond donors (Lipinski definition) is 3. The lowest BCUT2D eigenvalue weighted by Gasteiger charge is -2.36. The Morgan fingerprint density at radius 3 is 2.53 bits per heavy atom. The minimum atomic E-state index is -2.38. The van der Waals surface area contributed by atoms with Crippen molar-refractivity contribution in [2.24, 2.45) is 11.8 Å². The Morgan fingerprint density at radius 2 is 1.97 bits per heavy atom. The molecular formula is C19H32N4O5S2. The molecule has 1 saturated carbocycles. The minimum absolute atomic E-state index is 0.130. The number of nitrogens with one attached hydrogen (secondary N) is 1. The lowest BCUT2D eigenvalue weighted by molar-refractivity contribution is -0.136. The average molecular weight is 461 g/mol. The van der Waals surface area contributed by atoms with Gasteiger partial charge in [0.15, 0.2) is 5.13 Å². The summed E-state index contributed by atoms with van der Waals surface area (Å²) in [5.41, 5.74) is 0. The van der Waals surface area contributed by atoms with Crippen LogP contribution in [0.4, 0.5) is 14.9 Å². The van der Waals surface area contributed by atoms with Crippen LogP contribution in [-0.4, -0.2) is 54.9 Å². The Bertz CT molecular complexity index is 734. The monoisotopic (exact) mass is 460 g/mol. The van der Waals surface area contributed by atoms with Gasteiger partial charge in [-0.2, -0.15) is 0 Å². The predicted octanol–water partition coefficient (Wildman–Crippen LogP) is 4.02. The van der Waals surface area contributed by atoms with Crippen molar-refractivity contribution in [3.8, 4) is 0 Å². The first-order chi connectivity index (χ1) is 14.2. The van der Waals surface area contributed by atoms with Crippen molar-refractivity contribution in [1.82, 2.24) is 9.88 Å². The van der Waals surface area contributed by atoms with Crippen molar-refractivity contribution >= 4 is 44.7 Å². The van der Waals surface area contributed by atoms with Crippen LogP contribution in [0.3, 0.4) is 0 Å². The molecule has 0 aromatic carbocycles. The van der Waals surface area contributed by atoms with E-state index in [9.17, 15) is 18.4 Å². The van der Waals surface area contributed by atoms with Crippen LogP contribution in [0.25, 0.3) is 0 Å². The molecule has 0 radical (unpaired) electrons. The number of anilines is 2. The molecule has 0 spiro atoms. The van der Waals surface area contributed by atoms with Crippen molar-refractivity contribution in [2.75, 3.05) is 22.7 Å². The zero-order chi connectivity index (χ0) is 22.3. The standard InChI is InChI=1S/C19H32N4O5S2/c1-13(2)8-10-22(15-6-4-14(3)5-7-15)19(26)21-18-20-12-16(29-18)23(30(27)28)11-9-17(24)25/h12-15H,4-11H2,1-3H3,(H,24,25)(H,27,28)(H,20,21,26). The number of aliphatic carboxylic acids is 1. The molecule has 0 aliphatic heterocycles. The molecule has 170 valence electrons. The summed E-state index contributed by atoms with van der Waals surface area (Å²) in [5.74, 6) is 0.108. The second-order valence-electron chi connectivity index (χ2n) is 8.20. The zero-order valence-electron chi connectivity index (χ0n) is 17.7. The highest BCUT2D eigenvalue weighted by Crippen LogP contribution is 2.30. The molecular weight excluding hydrogens is 428 g/mol. The van der Waals surface area contributed by atoms with E-state index >= 15 is 0 Å². The summed E-state index contributed by atoms with van der Waals surface area (Å²) in [6, 6.07) is -0.00490. The number of carboxylic acid groups (broad SMARTS) is 1. The van der Waals surface area contributed by atoms with E-state index < -0.39 is 17.2 Å². The summed E-state index contributed by atoms with van der Waals surface area (Å²) in [5, 5.41) is 12.3. The van der Waals surface area contributed by atoms with Crippen LogP contribution in [0.2, 0.25) is 0 Å². The summed E-state index contributed by atoms with van der Waals surface area (Å²) < 4.78 is 22.1. The molecule has 2 amide bonds. The Kier molecular flexibility index (Phi) is 9.50. The Morgan fingerprint density at radius 1 is 1.30 bits per heavy atom. The summed E-state index contributed by atoms with van der Waals surface area (Å²) in [6.45, 7) is 7.05. The third kappa shape index (κ3) is 7.51. The summed E-state index contributed by atoms with van der Waals surface area (Å²) in [6.07, 6.45) is 6.20. The smallest absolute Gasteiger partial charge is 0.323 e. The van der Waals surface area contributed by atoms with Gasteiger partial charge in [0.1, 0.15) is 5.00 Å². The molecule has 11 heteroatoms. The molecule has 1 aromatic rings. The quantitative estimate of drug-likeness (QED) is 0.453. The fraction of sp³-hybridized carbons (Fsp3) is 0.737. The van der Waals surface area contributed by atoms with Gasteiger partial charge in [0.05, 0.1) is 12.6 Å². The molecule has 3 N–H and O–H groups in total. The minimum Gasteiger partial charge on any atom is -0.481 e. The molecule has 1 aliphatic rings. The second-order valence-corrected chi connectivity index (χ2v) is 10.1. The first kappa shape index (κ1) is 24.5. The number of nitrogens with zero attached hydrogens (tertiary/aromatic N) is 3. The number of urea groups is 1. The van der Waals surface area contributed by atoms with E-state index in [0.29, 0.717) is 28.5 Å². The molecule has 9 nitrogen and oxygen atoms in total. The van der Waals surface area contributed by atoms with E-state index in [1.807, 2.05) is 4.90 Å². The van der Waals surface area contributed by atoms with Crippen molar-refractivity contribution in [3.05, 3.63) is 6.20 Å². The maximum Gasteiger partial charge on any atom is 0.323 e. The largest absolute Gasteiger partial charge is 0.481 e. The molecule has 30 heavy (non-hydrogen) atoms. The molecule has 2 rings (SSSR count). The van der Waals surface area contributed by atoms with E-state index in [1.54, 1.807) is 0 Å². The number of thiazole rings is 1. The molecule has 1 atom stereocenters. The van der Waals surface area contributed by atoms with Crippen molar-refractivity contribution in [1.29, 1.82) is 0 Å². The molecule has 1 fully saturated rings. The molecule has 1 aliphatic carbocycles. The lowest BCUT2D eigenvalue weighted by atomic mass is 9.86. The number of amides is 2. The van der Waals surface area contributed by atoms with Crippen LogP contribution in [0.1, 0.15) is 59.3 Å². The third-order valence-electron chi connectivity index (χ3n) is 5.30. The number of carbonyl (C=O) groups excluding carboxylic acids is 1. The highest BCUT2D eigenvalue weighted by molar-refractivity contribution is 7.81. The van der Waals surface area contributed by atoms with Crippen molar-refractivity contribution < 1.29 is 23.5 Å². The second kappa shape index (κ2) is 11.6. The van der Waals surface area contributed by atoms with Gasteiger partial charge < -0.3 is 10.0 Å². The average Bonchev–Trinajstić information content (AvgIpc) is 3.10. The van der Waals surface area contributed by atoms with Gasteiger partial charge in [-0.05, 0) is 43.9 Å². The van der Waals surface area contributed by atoms with Crippen molar-refractivity contribution in [2.45, 2.75) is 65.3 Å². The normalized spacial score (nSPS) is 20.0. The maximum absolute atomic E-state index is 13.0. The van der Waals surface area contributed by atoms with E-state index in [2.05, 4.69) is 31.1 Å². The van der Waals surface area contributed by atoms with Gasteiger partial charge in [0.2, 0.25) is 0 Å². The number of rotatable bonds is 10. The van der Waals surface area contributed by atoms with Gasteiger partial charge in [-0.15, -0.1) is 0 Å². The summed E-state index contributed by atoms with van der Waals surface area (Å²) in [4.78, 5) is 29.8. The van der Waals surface area contributed by atoms with Crippen LogP contribution >= 0.6 is 11.3 Å². The van der Waals surface area contributed by atoms with Crippen LogP contribution in [0.15, 0.2) is 6.20 Å². The van der Waals surface area contributed by atoms with E-state index in [1.165, 1.54) is 6.20 Å². The van der Waals surface area contributed by atoms with E-state index in [-0.39, 0.29) is 25.0 Å². The number of carbonyl (C=O) groups is 2. The number of carboxylic acids is 1. The number of hydrogen-bond acceptors (Lipinski definition) is 5. The van der Waals surface area contributed by atoms with Gasteiger partial charge in [0, 0.05) is 19.1 Å². The maximum atomic E-state index is 13.0. The van der Waals surface area contributed by atoms with Gasteiger partial charge >= 0.3 is 12.0 Å². The predicted molar refractivity (Wildman–Crippen MR) is 119 cm³/mol. The van der Waals surface area contributed by atoms with Gasteiger partial charge in [-0.3, -0.25) is 19.0 Å². The van der Waals surface area contributed by atoms with Crippen LogP contribution < -0.4 is 9.62 Å². The molecule has 0 bridgehead atoms. The first-order valence-corrected chi connectivity index (χ1v) is 12.2. The Balaban J connectivity index is 2.07. The third-order valence-corrected chi connectivity index (χ3v) is 7.11. The molecule has 1 unspecified atom stereocenters. The van der Waals surface area contributed by atoms with Crippen LogP contribution in [0.5, 0.6) is 0 Å². The number of aromatic nitrogens is 1. The summed E-state index contributed by atoms with van der Waals surface area (Å²) in [7, 11) is 0.